The highest BCUT2D eigenvalue weighted by molar-refractivity contribution is 7.99. The largest absolute Gasteiger partial charge is 0.376 e. The van der Waals surface area contributed by atoms with Gasteiger partial charge < -0.3 is 9.64 Å². The quantitative estimate of drug-likeness (QED) is 0.450. The monoisotopic (exact) mass is 463 g/mol. The van der Waals surface area contributed by atoms with Crippen LogP contribution in [-0.4, -0.2) is 51.4 Å². The first-order valence-corrected chi connectivity index (χ1v) is 13.4. The Bertz CT molecular complexity index is 994. The van der Waals surface area contributed by atoms with Crippen molar-refractivity contribution in [1.82, 2.24) is 14.5 Å². The molecule has 31 heavy (non-hydrogen) atoms. The molecule has 170 valence electrons. The molecule has 6 nitrogen and oxygen atoms in total. The van der Waals surface area contributed by atoms with Crippen molar-refractivity contribution in [3.63, 3.8) is 0 Å². The Hall–Kier alpha value is -1.38. The Morgan fingerprint density at radius 3 is 2.81 bits per heavy atom. The molecule has 2 aliphatic rings. The third kappa shape index (κ3) is 4.71. The van der Waals surface area contributed by atoms with Crippen LogP contribution in [0, 0.1) is 6.92 Å². The summed E-state index contributed by atoms with van der Waals surface area (Å²) in [6, 6.07) is 0.346. The van der Waals surface area contributed by atoms with Gasteiger partial charge in [0.1, 0.15) is 4.83 Å². The van der Waals surface area contributed by atoms with E-state index in [0.29, 0.717) is 23.5 Å². The first-order valence-electron chi connectivity index (χ1n) is 11.6. The van der Waals surface area contributed by atoms with Crippen LogP contribution in [0.1, 0.15) is 62.8 Å². The van der Waals surface area contributed by atoms with Gasteiger partial charge in [-0.05, 0) is 57.4 Å². The first kappa shape index (κ1) is 22.8. The molecular formula is C23H33N3O3S2. The summed E-state index contributed by atoms with van der Waals surface area (Å²) in [6.45, 7) is 8.41. The van der Waals surface area contributed by atoms with Gasteiger partial charge in [-0.15, -0.1) is 11.3 Å². The Morgan fingerprint density at radius 1 is 1.26 bits per heavy atom. The molecule has 1 amide bonds. The van der Waals surface area contributed by atoms with E-state index in [1.807, 2.05) is 4.90 Å². The number of carbonyl (C=O) groups is 1. The van der Waals surface area contributed by atoms with Gasteiger partial charge in [-0.2, -0.15) is 0 Å². The highest BCUT2D eigenvalue weighted by atomic mass is 32.2. The van der Waals surface area contributed by atoms with Crippen LogP contribution in [-0.2, 0) is 22.5 Å². The fourth-order valence-corrected chi connectivity index (χ4v) is 6.93. The van der Waals surface area contributed by atoms with Gasteiger partial charge in [-0.1, -0.05) is 25.6 Å². The first-order chi connectivity index (χ1) is 15.0. The summed E-state index contributed by atoms with van der Waals surface area (Å²) in [7, 11) is 0. The predicted molar refractivity (Wildman–Crippen MR) is 127 cm³/mol. The summed E-state index contributed by atoms with van der Waals surface area (Å²) < 4.78 is 7.59. The van der Waals surface area contributed by atoms with E-state index >= 15 is 0 Å². The third-order valence-corrected chi connectivity index (χ3v) is 8.59. The van der Waals surface area contributed by atoms with E-state index in [-0.39, 0.29) is 17.6 Å². The number of aromatic nitrogens is 2. The topological polar surface area (TPSA) is 64.4 Å². The average Bonchev–Trinajstić information content (AvgIpc) is 3.41. The summed E-state index contributed by atoms with van der Waals surface area (Å²) in [4.78, 5) is 35.4. The van der Waals surface area contributed by atoms with Crippen LogP contribution >= 0.6 is 23.1 Å². The normalized spacial score (nSPS) is 21.8. The molecule has 0 unspecified atom stereocenters. The molecule has 0 radical (unpaired) electrons. The van der Waals surface area contributed by atoms with Crippen molar-refractivity contribution in [2.24, 2.45) is 0 Å². The van der Waals surface area contributed by atoms with Crippen molar-refractivity contribution in [3.8, 4) is 0 Å². The van der Waals surface area contributed by atoms with Gasteiger partial charge in [0.25, 0.3) is 5.56 Å². The Kier molecular flexibility index (Phi) is 7.39. The number of aryl methyl sites for hydroxylation is 2. The number of ether oxygens (including phenoxy) is 1. The fraction of sp³-hybridized carbons (Fsp3) is 0.696. The molecule has 2 aromatic rings. The van der Waals surface area contributed by atoms with Crippen LogP contribution in [0.25, 0.3) is 10.2 Å². The van der Waals surface area contributed by atoms with Crippen LogP contribution in [0.15, 0.2) is 9.95 Å². The summed E-state index contributed by atoms with van der Waals surface area (Å²) >= 11 is 2.99. The number of carbonyl (C=O) groups excluding carboxylic acids is 1. The van der Waals surface area contributed by atoms with Gasteiger partial charge in [-0.3, -0.25) is 14.2 Å². The molecule has 8 heteroatoms. The molecule has 2 fully saturated rings. The highest BCUT2D eigenvalue weighted by Crippen LogP contribution is 2.30. The number of likely N-dealkylation sites (tertiary alicyclic amines) is 1. The second kappa shape index (κ2) is 10.0. The lowest BCUT2D eigenvalue weighted by atomic mass is 10.0. The molecule has 0 bridgehead atoms. The SMILES string of the molecule is CCc1c(C)sc2nc(SCC(=O)N3CCCC[C@@H]3CC)n(C[C@@H]3CCCO3)c(=O)c12. The Labute approximate surface area is 192 Å². The predicted octanol–water partition coefficient (Wildman–Crippen LogP) is 4.39. The Morgan fingerprint density at radius 2 is 2.10 bits per heavy atom. The summed E-state index contributed by atoms with van der Waals surface area (Å²) in [5.41, 5.74) is 1.12. The van der Waals surface area contributed by atoms with E-state index in [1.165, 1.54) is 18.2 Å². The second-order valence-corrected chi connectivity index (χ2v) is 10.7. The number of fused-ring (bicyclic) bond motifs is 1. The third-order valence-electron chi connectivity index (χ3n) is 6.58. The van der Waals surface area contributed by atoms with Crippen molar-refractivity contribution in [1.29, 1.82) is 0 Å². The van der Waals surface area contributed by atoms with Crippen LogP contribution in [0.5, 0.6) is 0 Å². The van der Waals surface area contributed by atoms with Crippen LogP contribution < -0.4 is 5.56 Å². The zero-order valence-electron chi connectivity index (χ0n) is 18.8. The lowest BCUT2D eigenvalue weighted by Gasteiger charge is -2.35. The number of hydrogen-bond donors (Lipinski definition) is 0. The van der Waals surface area contributed by atoms with Crippen molar-refractivity contribution < 1.29 is 9.53 Å². The summed E-state index contributed by atoms with van der Waals surface area (Å²) in [5.74, 6) is 0.483. The van der Waals surface area contributed by atoms with Gasteiger partial charge >= 0.3 is 0 Å². The molecule has 0 aliphatic carbocycles. The summed E-state index contributed by atoms with van der Waals surface area (Å²) in [5, 5.41) is 1.40. The number of piperidine rings is 1. The molecule has 2 atom stereocenters. The fourth-order valence-electron chi connectivity index (χ4n) is 4.88. The number of thiophene rings is 1. The van der Waals surface area contributed by atoms with E-state index in [4.69, 9.17) is 9.72 Å². The highest BCUT2D eigenvalue weighted by Gasteiger charge is 2.27. The zero-order valence-corrected chi connectivity index (χ0v) is 20.4. The molecule has 0 N–H and O–H groups in total. The maximum atomic E-state index is 13.5. The lowest BCUT2D eigenvalue weighted by molar-refractivity contribution is -0.132. The summed E-state index contributed by atoms with van der Waals surface area (Å²) in [6.07, 6.45) is 7.23. The number of rotatable bonds is 7. The van der Waals surface area contributed by atoms with Crippen LogP contribution in [0.2, 0.25) is 0 Å². The van der Waals surface area contributed by atoms with Crippen LogP contribution in [0.4, 0.5) is 0 Å². The van der Waals surface area contributed by atoms with E-state index in [0.717, 1.165) is 72.3 Å². The van der Waals surface area contributed by atoms with E-state index in [2.05, 4.69) is 20.8 Å². The number of nitrogens with zero attached hydrogens (tertiary/aromatic N) is 3. The maximum absolute atomic E-state index is 13.5. The minimum absolute atomic E-state index is 0.0149. The second-order valence-electron chi connectivity index (χ2n) is 8.55. The van der Waals surface area contributed by atoms with Gasteiger partial charge in [0.05, 0.1) is 23.8 Å². The van der Waals surface area contributed by atoms with E-state index < -0.39 is 0 Å². The van der Waals surface area contributed by atoms with Crippen molar-refractivity contribution >= 4 is 39.2 Å². The number of hydrogen-bond acceptors (Lipinski definition) is 6. The molecule has 2 aromatic heterocycles. The maximum Gasteiger partial charge on any atom is 0.263 e. The molecule has 2 aliphatic heterocycles. The van der Waals surface area contributed by atoms with Gasteiger partial charge in [-0.25, -0.2) is 4.98 Å². The van der Waals surface area contributed by atoms with Gasteiger partial charge in [0.2, 0.25) is 5.91 Å². The van der Waals surface area contributed by atoms with Crippen molar-refractivity contribution in [2.45, 2.75) is 89.6 Å². The van der Waals surface area contributed by atoms with Gasteiger partial charge in [0.15, 0.2) is 5.16 Å². The minimum Gasteiger partial charge on any atom is -0.376 e. The van der Waals surface area contributed by atoms with Crippen molar-refractivity contribution in [3.05, 3.63) is 20.8 Å². The molecule has 2 saturated heterocycles. The smallest absolute Gasteiger partial charge is 0.263 e. The Balaban J connectivity index is 1.63. The van der Waals surface area contributed by atoms with E-state index in [1.54, 1.807) is 15.9 Å². The molecule has 0 spiro atoms. The minimum atomic E-state index is 0.0149. The standard InChI is InChI=1S/C23H33N3O3S2/c1-4-16-9-6-7-11-25(16)19(27)14-30-23-24-21-20(18(5-2)15(3)31-21)22(28)26(23)13-17-10-8-12-29-17/h16-17H,4-14H2,1-3H3/t16-,17-/m0/s1. The average molecular weight is 464 g/mol. The molecule has 4 heterocycles. The van der Waals surface area contributed by atoms with Crippen molar-refractivity contribution in [2.75, 3.05) is 18.9 Å². The molecular weight excluding hydrogens is 430 g/mol. The van der Waals surface area contributed by atoms with E-state index in [9.17, 15) is 9.59 Å². The molecule has 0 saturated carbocycles. The number of amides is 1. The van der Waals surface area contributed by atoms with Crippen LogP contribution in [0.3, 0.4) is 0 Å². The number of thioether (sulfide) groups is 1. The van der Waals surface area contributed by atoms with Gasteiger partial charge in [0, 0.05) is 24.1 Å². The molecule has 4 rings (SSSR count). The zero-order chi connectivity index (χ0) is 22.0. The molecule has 0 aromatic carbocycles. The lowest BCUT2D eigenvalue weighted by Crippen LogP contribution is -2.44.